The van der Waals surface area contributed by atoms with Crippen molar-refractivity contribution in [3.63, 3.8) is 0 Å². The maximum absolute atomic E-state index is 12.6. The zero-order valence-electron chi connectivity index (χ0n) is 13.2. The highest BCUT2D eigenvalue weighted by atomic mass is 16.3. The van der Waals surface area contributed by atoms with E-state index in [2.05, 4.69) is 4.90 Å². The topological polar surface area (TPSA) is 53.8 Å². The summed E-state index contributed by atoms with van der Waals surface area (Å²) in [7, 11) is 0. The van der Waals surface area contributed by atoms with Crippen LogP contribution in [0, 0.1) is 6.92 Å². The summed E-state index contributed by atoms with van der Waals surface area (Å²) in [5.41, 5.74) is 1.75. The van der Waals surface area contributed by atoms with E-state index < -0.39 is 0 Å². The van der Waals surface area contributed by atoms with E-state index in [0.717, 1.165) is 11.1 Å². The number of Topliss-reactive ketones (excluding diaryl/α,β-unsaturated/α-hetero) is 1. The van der Waals surface area contributed by atoms with Gasteiger partial charge < -0.3 is 9.32 Å². The maximum Gasteiger partial charge on any atom is 0.254 e. The molecule has 1 aliphatic heterocycles. The maximum atomic E-state index is 12.6. The number of hydrogen-bond acceptors (Lipinski definition) is 4. The van der Waals surface area contributed by atoms with Crippen LogP contribution in [0.5, 0.6) is 0 Å². The van der Waals surface area contributed by atoms with Crippen LogP contribution < -0.4 is 0 Å². The predicted molar refractivity (Wildman–Crippen MR) is 86.6 cm³/mol. The number of hydrogen-bond donors (Lipinski definition) is 0. The molecule has 2 aromatic rings. The Morgan fingerprint density at radius 1 is 1.04 bits per heavy atom. The molecule has 1 amide bonds. The van der Waals surface area contributed by atoms with E-state index in [1.165, 1.54) is 6.26 Å². The smallest absolute Gasteiger partial charge is 0.254 e. The Labute approximate surface area is 135 Å². The van der Waals surface area contributed by atoms with Crippen molar-refractivity contribution in [3.05, 3.63) is 59.5 Å². The number of piperazine rings is 1. The molecule has 0 atom stereocenters. The lowest BCUT2D eigenvalue weighted by Crippen LogP contribution is -2.50. The highest BCUT2D eigenvalue weighted by Crippen LogP contribution is 2.13. The van der Waals surface area contributed by atoms with Crippen molar-refractivity contribution in [1.82, 2.24) is 9.80 Å². The van der Waals surface area contributed by atoms with Gasteiger partial charge in [-0.15, -0.1) is 0 Å². The third kappa shape index (κ3) is 3.51. The summed E-state index contributed by atoms with van der Waals surface area (Å²) in [6, 6.07) is 11.0. The number of rotatable bonds is 4. The lowest BCUT2D eigenvalue weighted by molar-refractivity contribution is 0.0619. The van der Waals surface area contributed by atoms with Crippen LogP contribution in [0.15, 0.2) is 47.1 Å². The lowest BCUT2D eigenvalue weighted by atomic mass is 10.1. The molecule has 0 spiro atoms. The Morgan fingerprint density at radius 3 is 2.43 bits per heavy atom. The number of amides is 1. The molecule has 0 unspecified atom stereocenters. The molecule has 0 bridgehead atoms. The third-order valence-corrected chi connectivity index (χ3v) is 4.20. The second kappa shape index (κ2) is 6.79. The molecule has 0 N–H and O–H groups in total. The summed E-state index contributed by atoms with van der Waals surface area (Å²) in [6.07, 6.45) is 1.51. The summed E-state index contributed by atoms with van der Waals surface area (Å²) in [5, 5.41) is 0. The zero-order valence-corrected chi connectivity index (χ0v) is 13.2. The summed E-state index contributed by atoms with van der Waals surface area (Å²) < 4.78 is 5.13. The van der Waals surface area contributed by atoms with E-state index in [1.807, 2.05) is 36.1 Å². The van der Waals surface area contributed by atoms with Crippen LogP contribution >= 0.6 is 0 Å². The standard InChI is InChI=1S/C18H20N2O3/c1-14-5-2-3-6-15(14)18(22)20-10-8-19(9-11-20)13-16(21)17-7-4-12-23-17/h2-7,12H,8-11,13H2,1H3. The highest BCUT2D eigenvalue weighted by Gasteiger charge is 2.24. The summed E-state index contributed by atoms with van der Waals surface area (Å²) >= 11 is 0. The van der Waals surface area contributed by atoms with E-state index in [4.69, 9.17) is 4.42 Å². The lowest BCUT2D eigenvalue weighted by Gasteiger charge is -2.34. The van der Waals surface area contributed by atoms with Crippen molar-refractivity contribution in [2.24, 2.45) is 0 Å². The molecule has 1 aromatic carbocycles. The Kier molecular flexibility index (Phi) is 4.57. The van der Waals surface area contributed by atoms with Gasteiger partial charge in [0.05, 0.1) is 12.8 Å². The van der Waals surface area contributed by atoms with Crippen LogP contribution in [-0.2, 0) is 0 Å². The summed E-state index contributed by atoms with van der Waals surface area (Å²) in [4.78, 5) is 28.5. The van der Waals surface area contributed by atoms with Gasteiger partial charge >= 0.3 is 0 Å². The first kappa shape index (κ1) is 15.5. The minimum absolute atomic E-state index is 0.0197. The highest BCUT2D eigenvalue weighted by molar-refractivity contribution is 5.96. The number of nitrogens with zero attached hydrogens (tertiary/aromatic N) is 2. The van der Waals surface area contributed by atoms with Gasteiger partial charge in [0.15, 0.2) is 5.76 Å². The molecule has 5 nitrogen and oxygen atoms in total. The number of carbonyl (C=O) groups excluding carboxylic acids is 2. The molecule has 2 heterocycles. The van der Waals surface area contributed by atoms with Crippen LogP contribution in [0.4, 0.5) is 0 Å². The number of carbonyl (C=O) groups is 2. The number of benzene rings is 1. The van der Waals surface area contributed by atoms with Crippen molar-refractivity contribution in [2.45, 2.75) is 6.92 Å². The van der Waals surface area contributed by atoms with Crippen molar-refractivity contribution >= 4 is 11.7 Å². The molecule has 23 heavy (non-hydrogen) atoms. The van der Waals surface area contributed by atoms with Crippen LogP contribution in [0.25, 0.3) is 0 Å². The van der Waals surface area contributed by atoms with Gasteiger partial charge in [-0.05, 0) is 30.7 Å². The van der Waals surface area contributed by atoms with Crippen molar-refractivity contribution < 1.29 is 14.0 Å². The Balaban J connectivity index is 1.55. The zero-order chi connectivity index (χ0) is 16.2. The molecule has 1 saturated heterocycles. The van der Waals surface area contributed by atoms with E-state index in [1.54, 1.807) is 12.1 Å². The van der Waals surface area contributed by atoms with Gasteiger partial charge in [0.2, 0.25) is 5.78 Å². The largest absolute Gasteiger partial charge is 0.461 e. The van der Waals surface area contributed by atoms with Crippen LogP contribution in [0.3, 0.4) is 0 Å². The molecule has 1 fully saturated rings. The Hall–Kier alpha value is -2.40. The van der Waals surface area contributed by atoms with Gasteiger partial charge in [-0.2, -0.15) is 0 Å². The van der Waals surface area contributed by atoms with E-state index in [-0.39, 0.29) is 11.7 Å². The monoisotopic (exact) mass is 312 g/mol. The molecule has 5 heteroatoms. The number of furan rings is 1. The van der Waals surface area contributed by atoms with Gasteiger partial charge in [0, 0.05) is 31.7 Å². The van der Waals surface area contributed by atoms with Crippen LogP contribution in [0.1, 0.15) is 26.5 Å². The molecular weight excluding hydrogens is 292 g/mol. The fraction of sp³-hybridized carbons (Fsp3) is 0.333. The molecule has 3 rings (SSSR count). The van der Waals surface area contributed by atoms with Gasteiger partial charge in [0.1, 0.15) is 0 Å². The molecule has 0 saturated carbocycles. The molecule has 1 aromatic heterocycles. The summed E-state index contributed by atoms with van der Waals surface area (Å²) in [5.74, 6) is 0.442. The van der Waals surface area contributed by atoms with Crippen molar-refractivity contribution in [2.75, 3.05) is 32.7 Å². The SMILES string of the molecule is Cc1ccccc1C(=O)N1CCN(CC(=O)c2ccco2)CC1. The van der Waals surface area contributed by atoms with E-state index >= 15 is 0 Å². The van der Waals surface area contributed by atoms with Crippen LogP contribution in [0.2, 0.25) is 0 Å². The van der Waals surface area contributed by atoms with Gasteiger partial charge in [-0.25, -0.2) is 0 Å². The average molecular weight is 312 g/mol. The third-order valence-electron chi connectivity index (χ3n) is 4.20. The normalized spacial score (nSPS) is 15.6. The molecule has 0 aliphatic carbocycles. The number of aryl methyl sites for hydroxylation is 1. The Bertz CT molecular complexity index is 686. The van der Waals surface area contributed by atoms with Gasteiger partial charge in [-0.1, -0.05) is 18.2 Å². The first-order valence-electron chi connectivity index (χ1n) is 7.79. The minimum Gasteiger partial charge on any atom is -0.461 e. The molecule has 120 valence electrons. The molecule has 1 aliphatic rings. The van der Waals surface area contributed by atoms with Gasteiger partial charge in [-0.3, -0.25) is 14.5 Å². The number of ketones is 1. The van der Waals surface area contributed by atoms with E-state index in [9.17, 15) is 9.59 Å². The summed E-state index contributed by atoms with van der Waals surface area (Å²) in [6.45, 7) is 4.96. The van der Waals surface area contributed by atoms with Crippen LogP contribution in [-0.4, -0.2) is 54.2 Å². The van der Waals surface area contributed by atoms with E-state index in [0.29, 0.717) is 38.5 Å². The van der Waals surface area contributed by atoms with Gasteiger partial charge in [0.25, 0.3) is 5.91 Å². The van der Waals surface area contributed by atoms with Crippen molar-refractivity contribution in [1.29, 1.82) is 0 Å². The predicted octanol–water partition coefficient (Wildman–Crippen LogP) is 2.23. The molecular formula is C18H20N2O3. The second-order valence-electron chi connectivity index (χ2n) is 5.78. The quantitative estimate of drug-likeness (QED) is 0.813. The fourth-order valence-electron chi connectivity index (χ4n) is 2.81. The second-order valence-corrected chi connectivity index (χ2v) is 5.78. The fourth-order valence-corrected chi connectivity index (χ4v) is 2.81. The first-order chi connectivity index (χ1) is 11.1. The molecule has 0 radical (unpaired) electrons. The average Bonchev–Trinajstić information content (AvgIpc) is 3.10. The first-order valence-corrected chi connectivity index (χ1v) is 7.79. The minimum atomic E-state index is -0.0197. The Morgan fingerprint density at radius 2 is 1.78 bits per heavy atom. The van der Waals surface area contributed by atoms with Crippen molar-refractivity contribution in [3.8, 4) is 0 Å².